The Morgan fingerprint density at radius 2 is 0.417 bits per heavy atom. The van der Waals surface area contributed by atoms with E-state index < -0.39 is 0 Å². The zero-order chi connectivity index (χ0) is 47.0. The quantitative estimate of drug-likeness (QED) is 0.164. The molecule has 0 saturated carbocycles. The highest BCUT2D eigenvalue weighted by atomic mass is 16.3. The van der Waals surface area contributed by atoms with Gasteiger partial charge in [-0.15, -0.1) is 0 Å². The monoisotopic (exact) mass is 912 g/mol. The molecule has 0 fully saturated rings. The van der Waals surface area contributed by atoms with Crippen molar-refractivity contribution in [3.63, 3.8) is 0 Å². The minimum atomic E-state index is 0.901. The molecule has 332 valence electrons. The third-order valence-corrected chi connectivity index (χ3v) is 15.5. The van der Waals surface area contributed by atoms with E-state index in [-0.39, 0.29) is 0 Å². The van der Waals surface area contributed by atoms with Crippen LogP contribution in [0.3, 0.4) is 0 Å². The van der Waals surface area contributed by atoms with Crippen molar-refractivity contribution in [1.29, 1.82) is 0 Å². The molecule has 0 bridgehead atoms. The first kappa shape index (κ1) is 39.4. The second-order valence-electron chi connectivity index (χ2n) is 19.5. The van der Waals surface area contributed by atoms with E-state index in [1.165, 1.54) is 120 Å². The van der Waals surface area contributed by atoms with Gasteiger partial charge in [-0.2, -0.15) is 0 Å². The highest BCUT2D eigenvalue weighted by Crippen LogP contribution is 2.48. The van der Waals surface area contributed by atoms with Gasteiger partial charge in [-0.3, -0.25) is 0 Å². The van der Waals surface area contributed by atoms with Gasteiger partial charge in [0.25, 0.3) is 0 Å². The van der Waals surface area contributed by atoms with Crippen molar-refractivity contribution >= 4 is 119 Å². The van der Waals surface area contributed by atoms with Gasteiger partial charge in [0.15, 0.2) is 0 Å². The average molecular weight is 913 g/mol. The van der Waals surface area contributed by atoms with Crippen LogP contribution in [0.15, 0.2) is 251 Å². The fourth-order valence-electron chi connectivity index (χ4n) is 12.3. The second-order valence-corrected chi connectivity index (χ2v) is 19.5. The Morgan fingerprint density at radius 1 is 0.167 bits per heavy atom. The lowest BCUT2D eigenvalue weighted by Gasteiger charge is -2.19. The van der Waals surface area contributed by atoms with E-state index in [2.05, 4.69) is 243 Å². The van der Waals surface area contributed by atoms with Gasteiger partial charge in [0.2, 0.25) is 0 Å². The first-order valence-corrected chi connectivity index (χ1v) is 24.8. The topological polar surface area (TPSA) is 26.3 Å². The predicted octanol–water partition coefficient (Wildman–Crippen LogP) is 20.2. The van der Waals surface area contributed by atoms with Gasteiger partial charge in [-0.25, -0.2) is 0 Å². The zero-order valence-electron chi connectivity index (χ0n) is 38.9. The fourth-order valence-corrected chi connectivity index (χ4v) is 12.3. The predicted molar refractivity (Wildman–Crippen MR) is 305 cm³/mol. The first-order chi connectivity index (χ1) is 35.7. The molecule has 2 aromatic heterocycles. The number of rotatable bonds is 4. The Balaban J connectivity index is 0.838. The van der Waals surface area contributed by atoms with Crippen LogP contribution in [0.4, 0.5) is 0 Å². The molecule has 2 heterocycles. The lowest BCUT2D eigenvalue weighted by atomic mass is 9.84. The molecule has 16 rings (SSSR count). The van der Waals surface area contributed by atoms with Crippen LogP contribution < -0.4 is 0 Å². The van der Waals surface area contributed by atoms with Crippen LogP contribution >= 0.6 is 0 Å². The largest absolute Gasteiger partial charge is 0.456 e. The Kier molecular flexibility index (Phi) is 8.20. The summed E-state index contributed by atoms with van der Waals surface area (Å²) in [5, 5.41) is 21.6. The Morgan fingerprint density at radius 3 is 0.750 bits per heavy atom. The van der Waals surface area contributed by atoms with Crippen LogP contribution in [0.25, 0.3) is 164 Å². The van der Waals surface area contributed by atoms with Crippen LogP contribution in [0.2, 0.25) is 0 Å². The molecule has 0 aliphatic carbocycles. The maximum atomic E-state index is 6.46. The molecule has 16 aromatic rings. The molecule has 14 aromatic carbocycles. The smallest absolute Gasteiger partial charge is 0.136 e. The molecular weight excluding hydrogens is 873 g/mol. The molecule has 0 N–H and O–H groups in total. The SMILES string of the molecule is c1ccc2cc3c(cc2c1)oc1ccc(-c2c4ccccc4c(-c4ccc5cc(-c6c7ccccc7c(-c7ccc8oc9cc%10ccccc%10cc9c8c7)c7ccccc67)ccc5c4)c4ccccc24)cc13. The van der Waals surface area contributed by atoms with Crippen LogP contribution in [-0.2, 0) is 0 Å². The lowest BCUT2D eigenvalue weighted by molar-refractivity contribution is 0.669. The van der Waals surface area contributed by atoms with Crippen molar-refractivity contribution in [3.05, 3.63) is 243 Å². The molecule has 0 amide bonds. The van der Waals surface area contributed by atoms with E-state index in [1.54, 1.807) is 0 Å². The summed E-state index contributed by atoms with van der Waals surface area (Å²) < 4.78 is 12.9. The van der Waals surface area contributed by atoms with E-state index in [4.69, 9.17) is 8.83 Å². The van der Waals surface area contributed by atoms with Crippen molar-refractivity contribution < 1.29 is 8.83 Å². The maximum Gasteiger partial charge on any atom is 0.136 e. The number of hydrogen-bond acceptors (Lipinski definition) is 2. The molecule has 2 heteroatoms. The first-order valence-electron chi connectivity index (χ1n) is 24.8. The molecule has 2 nitrogen and oxygen atoms in total. The second kappa shape index (κ2) is 15.0. The number of hydrogen-bond donors (Lipinski definition) is 0. The number of fused-ring (bicyclic) bond motifs is 13. The van der Waals surface area contributed by atoms with Gasteiger partial charge in [0.05, 0.1) is 0 Å². The van der Waals surface area contributed by atoms with Crippen molar-refractivity contribution in [2.75, 3.05) is 0 Å². The summed E-state index contributed by atoms with van der Waals surface area (Å²) in [6.45, 7) is 0. The van der Waals surface area contributed by atoms with E-state index >= 15 is 0 Å². The number of furan rings is 2. The fraction of sp³-hybridized carbons (Fsp3) is 0. The van der Waals surface area contributed by atoms with Gasteiger partial charge in [0.1, 0.15) is 22.3 Å². The molecule has 0 aliphatic heterocycles. The summed E-state index contributed by atoms with van der Waals surface area (Å²) in [5.41, 5.74) is 13.4. The third kappa shape index (κ3) is 5.78. The van der Waals surface area contributed by atoms with Crippen molar-refractivity contribution in [2.24, 2.45) is 0 Å². The standard InChI is InChI=1S/C70H40O2/c1-3-15-43-39-65-61(35-41(43)13-1)59-37-49(29-31-63(59)71-65)69-55-21-9-5-17-51(55)67(52-18-6-10-22-56(52)69)47-27-25-46-34-48(28-26-45(46)33-47)68-53-19-7-11-23-57(53)70(58-24-12-8-20-54(58)68)50-30-32-64-60(38-50)62-36-42-14-2-4-16-44(42)40-66(62)72-64/h1-40H. The summed E-state index contributed by atoms with van der Waals surface area (Å²) >= 11 is 0. The summed E-state index contributed by atoms with van der Waals surface area (Å²) in [6, 6.07) is 89.1. The van der Waals surface area contributed by atoms with Gasteiger partial charge in [-0.05, 0) is 181 Å². The lowest BCUT2D eigenvalue weighted by Crippen LogP contribution is -1.92. The molecule has 0 saturated heterocycles. The Bertz CT molecular complexity index is 4560. The van der Waals surface area contributed by atoms with Gasteiger partial charge < -0.3 is 8.83 Å². The summed E-state index contributed by atoms with van der Waals surface area (Å²) in [6.07, 6.45) is 0. The molecule has 0 spiro atoms. The van der Waals surface area contributed by atoms with Crippen molar-refractivity contribution in [3.8, 4) is 44.5 Å². The van der Waals surface area contributed by atoms with E-state index in [1.807, 2.05) is 0 Å². The van der Waals surface area contributed by atoms with E-state index in [0.29, 0.717) is 0 Å². The van der Waals surface area contributed by atoms with Crippen LogP contribution in [0, 0.1) is 0 Å². The highest BCUT2D eigenvalue weighted by molar-refractivity contribution is 6.25. The number of benzene rings is 14. The molecule has 0 aliphatic rings. The highest BCUT2D eigenvalue weighted by Gasteiger charge is 2.21. The molecular formula is C70H40O2. The summed E-state index contributed by atoms with van der Waals surface area (Å²) in [5.74, 6) is 0. The van der Waals surface area contributed by atoms with Gasteiger partial charge in [-0.1, -0.05) is 182 Å². The Labute approximate surface area is 413 Å². The zero-order valence-corrected chi connectivity index (χ0v) is 38.9. The molecule has 0 radical (unpaired) electrons. The average Bonchev–Trinajstić information content (AvgIpc) is 3.98. The minimum absolute atomic E-state index is 0.901. The summed E-state index contributed by atoms with van der Waals surface area (Å²) in [4.78, 5) is 0. The van der Waals surface area contributed by atoms with E-state index in [0.717, 1.165) is 43.9 Å². The Hall–Kier alpha value is -9.50. The summed E-state index contributed by atoms with van der Waals surface area (Å²) in [7, 11) is 0. The van der Waals surface area contributed by atoms with Gasteiger partial charge in [0, 0.05) is 21.5 Å². The van der Waals surface area contributed by atoms with Crippen LogP contribution in [-0.4, -0.2) is 0 Å². The third-order valence-electron chi connectivity index (χ3n) is 15.5. The molecule has 0 atom stereocenters. The molecule has 0 unspecified atom stereocenters. The minimum Gasteiger partial charge on any atom is -0.456 e. The van der Waals surface area contributed by atoms with Crippen molar-refractivity contribution in [2.45, 2.75) is 0 Å². The van der Waals surface area contributed by atoms with Crippen LogP contribution in [0.5, 0.6) is 0 Å². The maximum absolute atomic E-state index is 6.46. The van der Waals surface area contributed by atoms with E-state index in [9.17, 15) is 0 Å². The van der Waals surface area contributed by atoms with Crippen LogP contribution in [0.1, 0.15) is 0 Å². The van der Waals surface area contributed by atoms with Gasteiger partial charge >= 0.3 is 0 Å². The normalized spacial score (nSPS) is 12.2. The van der Waals surface area contributed by atoms with Crippen molar-refractivity contribution in [1.82, 2.24) is 0 Å². The molecule has 72 heavy (non-hydrogen) atoms.